The Balaban J connectivity index is 1.53. The minimum Gasteiger partial charge on any atom is -0.483 e. The summed E-state index contributed by atoms with van der Waals surface area (Å²) in [6.07, 6.45) is 2.70. The largest absolute Gasteiger partial charge is 0.483 e. The summed E-state index contributed by atoms with van der Waals surface area (Å²) in [4.78, 5) is 0. The van der Waals surface area contributed by atoms with E-state index in [0.29, 0.717) is 17.9 Å². The Morgan fingerprint density at radius 2 is 1.57 bits per heavy atom. The molecule has 150 valence electrons. The standard InChI is InChI=1S/C22H22F4O2/c1-2-15-3-5-16(6-4-15)17-7-9-18(10-8-17)27-14-22(25,26)28-19-11-12-20(23)21(24)13-19/h2,7-13,15-16H,1,3-6,14H2. The van der Waals surface area contributed by atoms with Crippen LogP contribution >= 0.6 is 0 Å². The minimum absolute atomic E-state index is 0.289. The third-order valence-corrected chi connectivity index (χ3v) is 5.02. The molecule has 0 atom stereocenters. The predicted octanol–water partition coefficient (Wildman–Crippen LogP) is 6.48. The SMILES string of the molecule is C=CC1CCC(c2ccc(OCC(F)(F)Oc3ccc(F)c(F)c3)cc2)CC1. The molecule has 0 radical (unpaired) electrons. The van der Waals surface area contributed by atoms with Crippen LogP contribution in [-0.2, 0) is 0 Å². The smallest absolute Gasteiger partial charge is 0.432 e. The van der Waals surface area contributed by atoms with Gasteiger partial charge in [-0.25, -0.2) is 8.78 Å². The Labute approximate surface area is 161 Å². The van der Waals surface area contributed by atoms with Gasteiger partial charge in [-0.1, -0.05) is 18.2 Å². The Hall–Kier alpha value is -2.50. The van der Waals surface area contributed by atoms with Crippen molar-refractivity contribution in [2.24, 2.45) is 5.92 Å². The lowest BCUT2D eigenvalue weighted by atomic mass is 9.79. The fourth-order valence-corrected chi connectivity index (χ4v) is 3.43. The quantitative estimate of drug-likeness (QED) is 0.395. The summed E-state index contributed by atoms with van der Waals surface area (Å²) in [6, 6.07) is 9.32. The van der Waals surface area contributed by atoms with Crippen LogP contribution in [0.4, 0.5) is 17.6 Å². The molecule has 0 aliphatic heterocycles. The van der Waals surface area contributed by atoms with Crippen LogP contribution in [0.5, 0.6) is 11.5 Å². The maximum Gasteiger partial charge on any atom is 0.432 e. The second-order valence-electron chi connectivity index (χ2n) is 7.02. The topological polar surface area (TPSA) is 18.5 Å². The van der Waals surface area contributed by atoms with Crippen LogP contribution in [0.2, 0.25) is 0 Å². The zero-order valence-corrected chi connectivity index (χ0v) is 15.3. The van der Waals surface area contributed by atoms with Crippen molar-refractivity contribution in [3.05, 3.63) is 72.3 Å². The van der Waals surface area contributed by atoms with E-state index in [2.05, 4.69) is 11.3 Å². The first-order chi connectivity index (χ1) is 13.4. The zero-order valence-electron chi connectivity index (χ0n) is 15.3. The average Bonchev–Trinajstić information content (AvgIpc) is 2.70. The van der Waals surface area contributed by atoms with E-state index in [1.165, 1.54) is 5.56 Å². The summed E-state index contributed by atoms with van der Waals surface area (Å²) in [7, 11) is 0. The van der Waals surface area contributed by atoms with E-state index >= 15 is 0 Å². The molecule has 1 aliphatic rings. The summed E-state index contributed by atoms with van der Waals surface area (Å²) < 4.78 is 63.3. The van der Waals surface area contributed by atoms with Crippen LogP contribution in [0.15, 0.2) is 55.1 Å². The maximum atomic E-state index is 13.9. The fourth-order valence-electron chi connectivity index (χ4n) is 3.43. The van der Waals surface area contributed by atoms with Crippen LogP contribution in [0.1, 0.15) is 37.2 Å². The summed E-state index contributed by atoms with van der Waals surface area (Å²) in [5.74, 6) is -1.54. The molecule has 6 heteroatoms. The van der Waals surface area contributed by atoms with Gasteiger partial charge in [0.1, 0.15) is 11.5 Å². The Kier molecular flexibility index (Phi) is 6.27. The van der Waals surface area contributed by atoms with Gasteiger partial charge < -0.3 is 9.47 Å². The molecule has 1 aliphatic carbocycles. The van der Waals surface area contributed by atoms with Crippen molar-refractivity contribution < 1.29 is 27.0 Å². The van der Waals surface area contributed by atoms with Gasteiger partial charge in [-0.15, -0.1) is 6.58 Å². The van der Waals surface area contributed by atoms with Gasteiger partial charge >= 0.3 is 6.11 Å². The molecular formula is C22H22F4O2. The first kappa shape index (κ1) is 20.2. The van der Waals surface area contributed by atoms with Gasteiger partial charge in [0.05, 0.1) is 0 Å². The third kappa shape index (κ3) is 5.27. The number of benzene rings is 2. The van der Waals surface area contributed by atoms with Crippen molar-refractivity contribution in [3.63, 3.8) is 0 Å². The number of allylic oxidation sites excluding steroid dienone is 1. The zero-order chi connectivity index (χ0) is 20.1. The lowest BCUT2D eigenvalue weighted by Gasteiger charge is -2.27. The number of hydrogen-bond acceptors (Lipinski definition) is 2. The molecule has 1 saturated carbocycles. The van der Waals surface area contributed by atoms with Gasteiger partial charge in [-0.3, -0.25) is 0 Å². The molecular weight excluding hydrogens is 372 g/mol. The molecule has 1 fully saturated rings. The molecule has 0 saturated heterocycles. The highest BCUT2D eigenvalue weighted by Gasteiger charge is 2.33. The van der Waals surface area contributed by atoms with Crippen molar-refractivity contribution >= 4 is 0 Å². The Morgan fingerprint density at radius 3 is 2.18 bits per heavy atom. The highest BCUT2D eigenvalue weighted by atomic mass is 19.3. The molecule has 2 nitrogen and oxygen atoms in total. The van der Waals surface area contributed by atoms with E-state index in [9.17, 15) is 17.6 Å². The van der Waals surface area contributed by atoms with E-state index in [1.807, 2.05) is 18.2 Å². The summed E-state index contributed by atoms with van der Waals surface area (Å²) in [5, 5.41) is 0. The van der Waals surface area contributed by atoms with E-state index in [4.69, 9.17) is 4.74 Å². The highest BCUT2D eigenvalue weighted by Crippen LogP contribution is 2.36. The van der Waals surface area contributed by atoms with Crippen LogP contribution < -0.4 is 9.47 Å². The van der Waals surface area contributed by atoms with Crippen LogP contribution in [-0.4, -0.2) is 12.7 Å². The van der Waals surface area contributed by atoms with Gasteiger partial charge in [-0.05, 0) is 67.3 Å². The molecule has 0 aromatic heterocycles. The van der Waals surface area contributed by atoms with Crippen LogP contribution in [0, 0.1) is 17.6 Å². The van der Waals surface area contributed by atoms with Crippen molar-refractivity contribution in [3.8, 4) is 11.5 Å². The Morgan fingerprint density at radius 1 is 0.929 bits per heavy atom. The van der Waals surface area contributed by atoms with E-state index in [1.54, 1.807) is 12.1 Å². The number of rotatable bonds is 7. The normalized spacial score (nSPS) is 19.9. The molecule has 0 N–H and O–H groups in total. The summed E-state index contributed by atoms with van der Waals surface area (Å²) in [5.41, 5.74) is 1.17. The number of alkyl halides is 2. The molecule has 0 spiro atoms. The van der Waals surface area contributed by atoms with E-state index in [0.717, 1.165) is 37.8 Å². The van der Waals surface area contributed by atoms with Crippen molar-refractivity contribution in [1.82, 2.24) is 0 Å². The first-order valence-electron chi connectivity index (χ1n) is 9.23. The average molecular weight is 394 g/mol. The van der Waals surface area contributed by atoms with Gasteiger partial charge in [0.15, 0.2) is 18.2 Å². The number of ether oxygens (including phenoxy) is 2. The van der Waals surface area contributed by atoms with E-state index < -0.39 is 30.1 Å². The molecule has 2 aromatic carbocycles. The fraction of sp³-hybridized carbons (Fsp3) is 0.364. The second-order valence-corrected chi connectivity index (χ2v) is 7.02. The van der Waals surface area contributed by atoms with Gasteiger partial charge in [-0.2, -0.15) is 8.78 Å². The molecule has 28 heavy (non-hydrogen) atoms. The molecule has 0 heterocycles. The van der Waals surface area contributed by atoms with Gasteiger partial charge in [0, 0.05) is 6.07 Å². The van der Waals surface area contributed by atoms with Gasteiger partial charge in [0.2, 0.25) is 0 Å². The molecule has 0 unspecified atom stereocenters. The van der Waals surface area contributed by atoms with Crippen molar-refractivity contribution in [1.29, 1.82) is 0 Å². The lowest BCUT2D eigenvalue weighted by Crippen LogP contribution is -2.32. The lowest BCUT2D eigenvalue weighted by molar-refractivity contribution is -0.195. The molecule has 3 rings (SSSR count). The summed E-state index contributed by atoms with van der Waals surface area (Å²) in [6.45, 7) is 2.80. The van der Waals surface area contributed by atoms with Crippen LogP contribution in [0.3, 0.4) is 0 Å². The minimum atomic E-state index is -3.69. The van der Waals surface area contributed by atoms with Crippen molar-refractivity contribution in [2.45, 2.75) is 37.7 Å². The molecule has 0 amide bonds. The number of hydrogen-bond donors (Lipinski definition) is 0. The Bertz CT molecular complexity index is 797. The molecule has 2 aromatic rings. The maximum absolute atomic E-state index is 13.9. The highest BCUT2D eigenvalue weighted by molar-refractivity contribution is 5.30. The van der Waals surface area contributed by atoms with Crippen LogP contribution in [0.25, 0.3) is 0 Å². The van der Waals surface area contributed by atoms with Crippen molar-refractivity contribution in [2.75, 3.05) is 6.61 Å². The summed E-state index contributed by atoms with van der Waals surface area (Å²) >= 11 is 0. The third-order valence-electron chi connectivity index (χ3n) is 5.02. The second kappa shape index (κ2) is 8.67. The monoisotopic (exact) mass is 394 g/mol. The molecule has 0 bridgehead atoms. The van der Waals surface area contributed by atoms with Gasteiger partial charge in [0.25, 0.3) is 0 Å². The van der Waals surface area contributed by atoms with E-state index in [-0.39, 0.29) is 5.75 Å². The predicted molar refractivity (Wildman–Crippen MR) is 98.8 cm³/mol. The number of halogens is 4. The first-order valence-corrected chi connectivity index (χ1v) is 9.23.